The number of nitrogens with two attached hydrogens (primary N) is 1. The summed E-state index contributed by atoms with van der Waals surface area (Å²) in [4.78, 5) is 30.3. The van der Waals surface area contributed by atoms with Gasteiger partial charge in [-0.15, -0.1) is 0 Å². The number of halogens is 1. The molecule has 0 bridgehead atoms. The lowest BCUT2D eigenvalue weighted by molar-refractivity contribution is -0.122. The number of hydrogen-bond acceptors (Lipinski definition) is 9. The van der Waals surface area contributed by atoms with Gasteiger partial charge >= 0.3 is 6.09 Å². The number of fused-ring (bicyclic) bond motifs is 1. The summed E-state index contributed by atoms with van der Waals surface area (Å²) in [6, 6.07) is 13.9. The maximum Gasteiger partial charge on any atom is 0.411 e. The topological polar surface area (TPSA) is 153 Å². The van der Waals surface area contributed by atoms with Gasteiger partial charge in [-0.3, -0.25) is 20.1 Å². The van der Waals surface area contributed by atoms with E-state index in [-0.39, 0.29) is 46.5 Å². The second-order valence-electron chi connectivity index (χ2n) is 10.9. The average molecular weight is 652 g/mol. The van der Waals surface area contributed by atoms with Crippen LogP contribution in [0.25, 0.3) is 10.8 Å². The number of nitrogens with one attached hydrogen (secondary N) is 2. The van der Waals surface area contributed by atoms with E-state index >= 15 is 4.39 Å². The molecule has 0 radical (unpaired) electrons. The molecule has 3 aromatic carbocycles. The Labute approximate surface area is 267 Å². The van der Waals surface area contributed by atoms with Gasteiger partial charge in [0.05, 0.1) is 29.5 Å². The molecule has 1 aromatic heterocycles. The van der Waals surface area contributed by atoms with Crippen LogP contribution in [0.4, 0.5) is 20.6 Å². The van der Waals surface area contributed by atoms with Crippen molar-refractivity contribution >= 4 is 44.0 Å². The van der Waals surface area contributed by atoms with E-state index in [1.54, 1.807) is 43.6 Å². The first-order valence-corrected chi connectivity index (χ1v) is 16.5. The molecule has 0 aliphatic heterocycles. The fourth-order valence-electron chi connectivity index (χ4n) is 4.72. The van der Waals surface area contributed by atoms with E-state index in [1.807, 2.05) is 13.8 Å². The summed E-state index contributed by atoms with van der Waals surface area (Å²) in [7, 11) is -3.73. The number of ether oxygens (including phenoxy) is 2. The van der Waals surface area contributed by atoms with E-state index in [0.717, 1.165) is 15.8 Å². The van der Waals surface area contributed by atoms with Crippen LogP contribution in [0.15, 0.2) is 78.0 Å². The number of aromatic nitrogens is 1. The molecule has 0 saturated carbocycles. The SMILES string of the molecule is CCOc1ccc(F)c(C(C(=O)NCc2cc(NC(=O)OCC(C)C)ccc2S(=O)(=O)CC)N(N)c2ccc3cnccc3c2)c1. The molecule has 4 aromatic rings. The summed E-state index contributed by atoms with van der Waals surface area (Å²) in [5.41, 5.74) is 0.845. The standard InChI is InChI=1S/C33H38FN5O6S/c1-5-44-27-10-11-29(34)28(17-27)31(39(35)26-9-7-23-18-36-14-13-22(23)16-26)32(40)37-19-24-15-25(38-33(41)45-20-21(3)4)8-12-30(24)46(42,43)6-2/h7-18,21,31H,5-6,19-20,35H2,1-4H3,(H,37,40)(H,38,41). The zero-order chi connectivity index (χ0) is 33.4. The number of carbonyl (C=O) groups excluding carboxylic acids is 2. The summed E-state index contributed by atoms with van der Waals surface area (Å²) in [5.74, 6) is 5.44. The molecule has 0 spiro atoms. The second-order valence-corrected chi connectivity index (χ2v) is 13.1. The van der Waals surface area contributed by atoms with Crippen molar-refractivity contribution in [2.24, 2.45) is 11.8 Å². The van der Waals surface area contributed by atoms with Crippen LogP contribution in [0.1, 0.15) is 44.9 Å². The Morgan fingerprint density at radius 3 is 2.52 bits per heavy atom. The van der Waals surface area contributed by atoms with Crippen LogP contribution in [0.5, 0.6) is 5.75 Å². The lowest BCUT2D eigenvalue weighted by atomic mass is 10.0. The minimum Gasteiger partial charge on any atom is -0.494 e. The molecule has 11 nitrogen and oxygen atoms in total. The largest absolute Gasteiger partial charge is 0.494 e. The van der Waals surface area contributed by atoms with Gasteiger partial charge in [0, 0.05) is 35.6 Å². The van der Waals surface area contributed by atoms with Crippen LogP contribution in [0.2, 0.25) is 0 Å². The van der Waals surface area contributed by atoms with Crippen LogP contribution < -0.4 is 26.2 Å². The fourth-order valence-corrected chi connectivity index (χ4v) is 5.83. The van der Waals surface area contributed by atoms with Crippen LogP contribution in [0.3, 0.4) is 0 Å². The quantitative estimate of drug-likeness (QED) is 0.126. The molecule has 13 heteroatoms. The van der Waals surface area contributed by atoms with Crippen molar-refractivity contribution in [2.75, 3.05) is 29.3 Å². The van der Waals surface area contributed by atoms with Crippen LogP contribution in [-0.4, -0.2) is 44.4 Å². The molecular weight excluding hydrogens is 613 g/mol. The number of benzene rings is 3. The maximum absolute atomic E-state index is 15.4. The summed E-state index contributed by atoms with van der Waals surface area (Å²) in [6.07, 6.45) is 2.60. The zero-order valence-corrected chi connectivity index (χ0v) is 26.9. The normalized spacial score (nSPS) is 12.1. The van der Waals surface area contributed by atoms with Gasteiger partial charge in [0.25, 0.3) is 0 Å². The van der Waals surface area contributed by atoms with Gasteiger partial charge in [0.2, 0.25) is 5.91 Å². The number of rotatable bonds is 13. The second kappa shape index (κ2) is 15.0. The third-order valence-electron chi connectivity index (χ3n) is 7.04. The number of nitrogens with zero attached hydrogens (tertiary/aromatic N) is 2. The number of pyridine rings is 1. The Balaban J connectivity index is 1.70. The molecule has 1 atom stereocenters. The van der Waals surface area contributed by atoms with Gasteiger partial charge in [-0.1, -0.05) is 26.8 Å². The minimum atomic E-state index is -3.73. The highest BCUT2D eigenvalue weighted by molar-refractivity contribution is 7.91. The van der Waals surface area contributed by atoms with E-state index in [9.17, 15) is 18.0 Å². The van der Waals surface area contributed by atoms with Gasteiger partial charge in [-0.05, 0) is 78.4 Å². The highest BCUT2D eigenvalue weighted by Gasteiger charge is 2.30. The molecule has 4 N–H and O–H groups in total. The number of amides is 2. The molecule has 1 heterocycles. The highest BCUT2D eigenvalue weighted by atomic mass is 32.2. The summed E-state index contributed by atoms with van der Waals surface area (Å²) < 4.78 is 52.1. The first kappa shape index (κ1) is 34.1. The molecule has 244 valence electrons. The van der Waals surface area contributed by atoms with Gasteiger partial charge < -0.3 is 14.8 Å². The van der Waals surface area contributed by atoms with Crippen molar-refractivity contribution in [1.82, 2.24) is 10.3 Å². The van der Waals surface area contributed by atoms with Crippen LogP contribution >= 0.6 is 0 Å². The van der Waals surface area contributed by atoms with E-state index in [0.29, 0.717) is 18.0 Å². The molecule has 1 unspecified atom stereocenters. The Morgan fingerprint density at radius 1 is 1.02 bits per heavy atom. The zero-order valence-electron chi connectivity index (χ0n) is 26.1. The third-order valence-corrected chi connectivity index (χ3v) is 8.87. The monoisotopic (exact) mass is 651 g/mol. The molecular formula is C33H38FN5O6S. The average Bonchev–Trinajstić information content (AvgIpc) is 3.04. The van der Waals surface area contributed by atoms with Gasteiger partial charge in [-0.25, -0.2) is 23.4 Å². The predicted octanol–water partition coefficient (Wildman–Crippen LogP) is 5.51. The van der Waals surface area contributed by atoms with Crippen LogP contribution in [0, 0.1) is 11.7 Å². The Morgan fingerprint density at radius 2 is 1.80 bits per heavy atom. The fraction of sp³-hybridized carbons (Fsp3) is 0.303. The molecule has 0 aliphatic rings. The predicted molar refractivity (Wildman–Crippen MR) is 175 cm³/mol. The smallest absolute Gasteiger partial charge is 0.411 e. The number of hydrazine groups is 1. The van der Waals surface area contributed by atoms with Crippen molar-refractivity contribution in [2.45, 2.75) is 45.2 Å². The van der Waals surface area contributed by atoms with Gasteiger partial charge in [0.1, 0.15) is 11.6 Å². The summed E-state index contributed by atoms with van der Waals surface area (Å²) in [6.45, 7) is 7.31. The van der Waals surface area contributed by atoms with Gasteiger partial charge in [0.15, 0.2) is 15.9 Å². The molecule has 46 heavy (non-hydrogen) atoms. The molecule has 0 fully saturated rings. The van der Waals surface area contributed by atoms with E-state index in [2.05, 4.69) is 15.6 Å². The van der Waals surface area contributed by atoms with Crippen molar-refractivity contribution in [1.29, 1.82) is 0 Å². The Hall–Kier alpha value is -4.75. The lowest BCUT2D eigenvalue weighted by Crippen LogP contribution is -2.45. The van der Waals surface area contributed by atoms with Crippen molar-refractivity contribution in [3.05, 3.63) is 90.0 Å². The lowest BCUT2D eigenvalue weighted by Gasteiger charge is -2.29. The molecule has 4 rings (SSSR count). The summed E-state index contributed by atoms with van der Waals surface area (Å²) in [5, 5.41) is 8.12. The number of carbonyl (C=O) groups is 2. The molecule has 0 saturated heterocycles. The highest BCUT2D eigenvalue weighted by Crippen LogP contribution is 2.31. The third kappa shape index (κ3) is 8.29. The van der Waals surface area contributed by atoms with Crippen molar-refractivity contribution in [3.63, 3.8) is 0 Å². The molecule has 0 aliphatic carbocycles. The number of hydrogen-bond donors (Lipinski definition) is 3. The van der Waals surface area contributed by atoms with Gasteiger partial charge in [-0.2, -0.15) is 0 Å². The number of sulfone groups is 1. The summed E-state index contributed by atoms with van der Waals surface area (Å²) >= 11 is 0. The Bertz CT molecular complexity index is 1820. The first-order chi connectivity index (χ1) is 21.9. The molecule has 2 amide bonds. The number of anilines is 2. The maximum atomic E-state index is 15.4. The van der Waals surface area contributed by atoms with E-state index in [4.69, 9.17) is 15.3 Å². The Kier molecular flexibility index (Phi) is 11.1. The van der Waals surface area contributed by atoms with Crippen LogP contribution in [-0.2, 0) is 25.9 Å². The minimum absolute atomic E-state index is 0.0229. The van der Waals surface area contributed by atoms with E-state index < -0.39 is 33.7 Å². The van der Waals surface area contributed by atoms with Crippen molar-refractivity contribution in [3.8, 4) is 5.75 Å². The first-order valence-electron chi connectivity index (χ1n) is 14.8. The van der Waals surface area contributed by atoms with E-state index in [1.165, 1.54) is 43.3 Å². The van der Waals surface area contributed by atoms with Crippen molar-refractivity contribution < 1.29 is 31.9 Å².